The molecule has 0 amide bonds. The smallest absolute Gasteiger partial charge is 0.191 e. The number of guanidine groups is 1. The van der Waals surface area contributed by atoms with Gasteiger partial charge in [0.05, 0.1) is 0 Å². The second kappa shape index (κ2) is 12.2. The highest BCUT2D eigenvalue weighted by Crippen LogP contribution is 2.16. The van der Waals surface area contributed by atoms with E-state index in [1.54, 1.807) is 0 Å². The van der Waals surface area contributed by atoms with Crippen LogP contribution in [0.15, 0.2) is 4.99 Å². The molecule has 0 aliphatic carbocycles. The Bertz CT molecular complexity index is 283. The van der Waals surface area contributed by atoms with Gasteiger partial charge < -0.3 is 15.5 Å². The van der Waals surface area contributed by atoms with Crippen LogP contribution < -0.4 is 10.6 Å². The summed E-state index contributed by atoms with van der Waals surface area (Å²) in [6.45, 7) is 9.86. The fraction of sp³-hybridized carbons (Fsp3) is 0.938. The van der Waals surface area contributed by atoms with Crippen molar-refractivity contribution in [2.75, 3.05) is 44.7 Å². The number of thioether (sulfide) groups is 1. The van der Waals surface area contributed by atoms with Gasteiger partial charge in [-0.2, -0.15) is 11.8 Å². The Morgan fingerprint density at radius 2 is 2.14 bits per heavy atom. The molecule has 1 rings (SSSR count). The van der Waals surface area contributed by atoms with Crippen molar-refractivity contribution in [3.63, 3.8) is 0 Å². The lowest BCUT2D eigenvalue weighted by Gasteiger charge is -2.33. The summed E-state index contributed by atoms with van der Waals surface area (Å²) in [6, 6.07) is 0.785. The molecule has 0 bridgehead atoms. The van der Waals surface area contributed by atoms with Crippen LogP contribution in [0.5, 0.6) is 0 Å². The first kappa shape index (κ1) is 18.6. The average molecular weight is 315 g/mol. The number of nitrogens with zero attached hydrogens (tertiary/aromatic N) is 2. The van der Waals surface area contributed by atoms with E-state index in [4.69, 9.17) is 0 Å². The van der Waals surface area contributed by atoms with Gasteiger partial charge in [0.25, 0.3) is 0 Å². The third-order valence-corrected chi connectivity index (χ3v) is 4.62. The molecule has 0 spiro atoms. The Labute approximate surface area is 135 Å². The van der Waals surface area contributed by atoms with Crippen LogP contribution in [0.4, 0.5) is 0 Å². The normalized spacial score (nSPS) is 20.5. The lowest BCUT2D eigenvalue weighted by molar-refractivity contribution is 0.158. The molecule has 1 unspecified atom stereocenters. The summed E-state index contributed by atoms with van der Waals surface area (Å²) in [7, 11) is 0. The summed E-state index contributed by atoms with van der Waals surface area (Å²) in [6.07, 6.45) is 8.75. The molecule has 0 aromatic carbocycles. The molecule has 5 heteroatoms. The highest BCUT2D eigenvalue weighted by Gasteiger charge is 2.16. The standard InChI is InChI=1S/C16H34N4S/c1-4-17-16(19-11-14-21-3)18-10-6-8-13-20-12-7-5-9-15(20)2/h15H,4-14H2,1-3H3,(H2,17,18,19). The zero-order chi connectivity index (χ0) is 15.3. The topological polar surface area (TPSA) is 39.7 Å². The molecule has 1 heterocycles. The second-order valence-electron chi connectivity index (χ2n) is 5.77. The molecule has 0 radical (unpaired) electrons. The fourth-order valence-corrected chi connectivity index (χ4v) is 3.03. The van der Waals surface area contributed by atoms with Gasteiger partial charge in [0.1, 0.15) is 0 Å². The summed E-state index contributed by atoms with van der Waals surface area (Å²) in [5, 5.41) is 6.68. The minimum absolute atomic E-state index is 0.785. The molecule has 0 saturated carbocycles. The van der Waals surface area contributed by atoms with E-state index >= 15 is 0 Å². The Hall–Kier alpha value is -0.420. The van der Waals surface area contributed by atoms with Gasteiger partial charge in [-0.05, 0) is 58.9 Å². The molecule has 4 nitrogen and oxygen atoms in total. The highest BCUT2D eigenvalue weighted by molar-refractivity contribution is 7.98. The van der Waals surface area contributed by atoms with Gasteiger partial charge in [-0.1, -0.05) is 6.42 Å². The quantitative estimate of drug-likeness (QED) is 0.390. The molecular formula is C16H34N4S. The Morgan fingerprint density at radius 1 is 1.29 bits per heavy atom. The van der Waals surface area contributed by atoms with Crippen LogP contribution >= 0.6 is 11.8 Å². The zero-order valence-corrected chi connectivity index (χ0v) is 15.0. The van der Waals surface area contributed by atoms with Crippen LogP contribution in [-0.2, 0) is 0 Å². The minimum Gasteiger partial charge on any atom is -0.357 e. The van der Waals surface area contributed by atoms with E-state index < -0.39 is 0 Å². The number of hydrogen-bond donors (Lipinski definition) is 2. The maximum absolute atomic E-state index is 4.65. The monoisotopic (exact) mass is 314 g/mol. The second-order valence-corrected chi connectivity index (χ2v) is 6.75. The number of nitrogens with one attached hydrogen (secondary N) is 2. The molecule has 1 fully saturated rings. The van der Waals surface area contributed by atoms with Crippen molar-refractivity contribution in [2.45, 2.75) is 52.0 Å². The van der Waals surface area contributed by atoms with Gasteiger partial charge >= 0.3 is 0 Å². The number of piperidine rings is 1. The maximum Gasteiger partial charge on any atom is 0.191 e. The molecule has 1 aliphatic rings. The lowest BCUT2D eigenvalue weighted by atomic mass is 10.0. The van der Waals surface area contributed by atoms with Crippen molar-refractivity contribution in [1.82, 2.24) is 15.5 Å². The van der Waals surface area contributed by atoms with E-state index in [-0.39, 0.29) is 0 Å². The Balaban J connectivity index is 2.14. The van der Waals surface area contributed by atoms with Crippen molar-refractivity contribution in [3.05, 3.63) is 0 Å². The third kappa shape index (κ3) is 8.57. The molecular weight excluding hydrogens is 280 g/mol. The van der Waals surface area contributed by atoms with Crippen molar-refractivity contribution in [2.24, 2.45) is 4.99 Å². The van der Waals surface area contributed by atoms with Crippen molar-refractivity contribution in [1.29, 1.82) is 0 Å². The van der Waals surface area contributed by atoms with Gasteiger partial charge in [-0.3, -0.25) is 4.99 Å². The highest BCUT2D eigenvalue weighted by atomic mass is 32.2. The molecule has 1 saturated heterocycles. The first-order valence-corrected chi connectivity index (χ1v) is 9.92. The van der Waals surface area contributed by atoms with E-state index in [0.717, 1.165) is 37.4 Å². The Morgan fingerprint density at radius 3 is 2.86 bits per heavy atom. The number of hydrogen-bond acceptors (Lipinski definition) is 3. The van der Waals surface area contributed by atoms with Crippen LogP contribution in [0.3, 0.4) is 0 Å². The predicted molar refractivity (Wildman–Crippen MR) is 96.5 cm³/mol. The number of aliphatic imine (C=N–C) groups is 1. The van der Waals surface area contributed by atoms with Crippen LogP contribution in [0.1, 0.15) is 46.0 Å². The summed E-state index contributed by atoms with van der Waals surface area (Å²) in [5.41, 5.74) is 0. The molecule has 1 atom stereocenters. The molecule has 124 valence electrons. The van der Waals surface area contributed by atoms with E-state index in [1.807, 2.05) is 11.8 Å². The van der Waals surface area contributed by atoms with Crippen LogP contribution in [0.25, 0.3) is 0 Å². The van der Waals surface area contributed by atoms with Gasteiger partial charge in [0.15, 0.2) is 5.96 Å². The summed E-state index contributed by atoms with van der Waals surface area (Å²) in [4.78, 5) is 7.30. The van der Waals surface area contributed by atoms with Crippen molar-refractivity contribution >= 4 is 17.7 Å². The number of unbranched alkanes of at least 4 members (excludes halogenated alkanes) is 1. The SMILES string of the molecule is CCNC(=NCCCCN1CCCCC1C)NCCSC. The van der Waals surface area contributed by atoms with Gasteiger partial charge in [0.2, 0.25) is 0 Å². The minimum atomic E-state index is 0.785. The summed E-state index contributed by atoms with van der Waals surface area (Å²) in [5.74, 6) is 2.09. The molecule has 0 aromatic heterocycles. The molecule has 1 aliphatic heterocycles. The summed E-state index contributed by atoms with van der Waals surface area (Å²) >= 11 is 1.86. The zero-order valence-electron chi connectivity index (χ0n) is 14.2. The Kier molecular flexibility index (Phi) is 10.8. The van der Waals surface area contributed by atoms with Crippen LogP contribution in [0.2, 0.25) is 0 Å². The average Bonchev–Trinajstić information content (AvgIpc) is 2.49. The van der Waals surface area contributed by atoms with E-state index in [1.165, 1.54) is 45.2 Å². The van der Waals surface area contributed by atoms with E-state index in [2.05, 4.69) is 40.6 Å². The van der Waals surface area contributed by atoms with Gasteiger partial charge in [-0.15, -0.1) is 0 Å². The van der Waals surface area contributed by atoms with E-state index in [0.29, 0.717) is 0 Å². The first-order chi connectivity index (χ1) is 10.3. The van der Waals surface area contributed by atoms with Crippen molar-refractivity contribution in [3.8, 4) is 0 Å². The summed E-state index contributed by atoms with van der Waals surface area (Å²) < 4.78 is 0. The van der Waals surface area contributed by atoms with E-state index in [9.17, 15) is 0 Å². The van der Waals surface area contributed by atoms with Crippen LogP contribution in [-0.4, -0.2) is 61.6 Å². The molecule has 2 N–H and O–H groups in total. The number of likely N-dealkylation sites (tertiary alicyclic amines) is 1. The van der Waals surface area contributed by atoms with Crippen molar-refractivity contribution < 1.29 is 0 Å². The lowest BCUT2D eigenvalue weighted by Crippen LogP contribution is -2.38. The van der Waals surface area contributed by atoms with Gasteiger partial charge in [-0.25, -0.2) is 0 Å². The largest absolute Gasteiger partial charge is 0.357 e. The third-order valence-electron chi connectivity index (χ3n) is 4.01. The van der Waals surface area contributed by atoms with Gasteiger partial charge in [0, 0.05) is 31.4 Å². The fourth-order valence-electron chi connectivity index (χ4n) is 2.72. The number of rotatable bonds is 9. The first-order valence-electron chi connectivity index (χ1n) is 8.53. The maximum atomic E-state index is 4.65. The molecule has 0 aromatic rings. The van der Waals surface area contributed by atoms with Crippen LogP contribution in [0, 0.1) is 0 Å². The molecule has 21 heavy (non-hydrogen) atoms. The predicted octanol–water partition coefficient (Wildman–Crippen LogP) is 2.56.